The Morgan fingerprint density at radius 2 is 2.15 bits per heavy atom. The minimum atomic E-state index is -0.480. The van der Waals surface area contributed by atoms with Crippen LogP contribution in [0.4, 0.5) is 11.4 Å². The number of hydrogen-bond acceptors (Lipinski definition) is 6. The van der Waals surface area contributed by atoms with Crippen molar-refractivity contribution in [3.05, 3.63) is 28.3 Å². The molecular weight excluding hydrogens is 264 g/mol. The Balaban J connectivity index is 2.53. The molecule has 0 aliphatic carbocycles. The molecule has 0 amide bonds. The summed E-state index contributed by atoms with van der Waals surface area (Å²) in [6, 6.07) is 4.44. The van der Waals surface area contributed by atoms with E-state index in [1.54, 1.807) is 13.0 Å². The largest absolute Gasteiger partial charge is 0.496 e. The van der Waals surface area contributed by atoms with Crippen molar-refractivity contribution < 1.29 is 19.2 Å². The number of carbonyl (C=O) groups excluding carboxylic acids is 1. The normalized spacial score (nSPS) is 9.90. The van der Waals surface area contributed by atoms with Gasteiger partial charge in [0.1, 0.15) is 5.75 Å². The van der Waals surface area contributed by atoms with E-state index in [0.717, 1.165) is 0 Å². The zero-order chi connectivity index (χ0) is 15.0. The van der Waals surface area contributed by atoms with Gasteiger partial charge in [-0.25, -0.2) is 0 Å². The highest BCUT2D eigenvalue weighted by Crippen LogP contribution is 2.25. The van der Waals surface area contributed by atoms with Crippen LogP contribution in [0.1, 0.15) is 19.8 Å². The number of nitro groups is 1. The standard InChI is InChI=1S/C13H18N2O5/c1-3-20-13(16)5-4-6-14-10-7-11(15(17)18)9-12(8-10)19-2/h7-9,14H,3-6H2,1-2H3. The predicted molar refractivity (Wildman–Crippen MR) is 74.0 cm³/mol. The van der Waals surface area contributed by atoms with Crippen molar-refractivity contribution in [2.45, 2.75) is 19.8 Å². The van der Waals surface area contributed by atoms with E-state index in [-0.39, 0.29) is 11.7 Å². The first-order valence-electron chi connectivity index (χ1n) is 6.29. The Morgan fingerprint density at radius 1 is 1.40 bits per heavy atom. The number of methoxy groups -OCH3 is 1. The second-order valence-electron chi connectivity index (χ2n) is 4.01. The Bertz CT molecular complexity index is 476. The van der Waals surface area contributed by atoms with Gasteiger partial charge in [-0.3, -0.25) is 14.9 Å². The number of ether oxygens (including phenoxy) is 2. The van der Waals surface area contributed by atoms with Crippen molar-refractivity contribution in [3.8, 4) is 5.75 Å². The molecular formula is C13H18N2O5. The first kappa shape index (κ1) is 15.7. The van der Waals surface area contributed by atoms with Crippen LogP contribution in [0.3, 0.4) is 0 Å². The molecule has 0 saturated heterocycles. The molecule has 1 N–H and O–H groups in total. The van der Waals surface area contributed by atoms with Crippen LogP contribution in [0.5, 0.6) is 5.75 Å². The highest BCUT2D eigenvalue weighted by atomic mass is 16.6. The molecule has 7 heteroatoms. The van der Waals surface area contributed by atoms with Crippen molar-refractivity contribution in [2.24, 2.45) is 0 Å². The fraction of sp³-hybridized carbons (Fsp3) is 0.462. The summed E-state index contributed by atoms with van der Waals surface area (Å²) in [5.41, 5.74) is 0.539. The lowest BCUT2D eigenvalue weighted by molar-refractivity contribution is -0.384. The Kier molecular flexibility index (Phi) is 6.28. The fourth-order valence-electron chi connectivity index (χ4n) is 1.61. The molecule has 1 aromatic carbocycles. The van der Waals surface area contributed by atoms with Crippen LogP contribution in [0.25, 0.3) is 0 Å². The van der Waals surface area contributed by atoms with Gasteiger partial charge in [0.15, 0.2) is 0 Å². The van der Waals surface area contributed by atoms with E-state index in [0.29, 0.717) is 37.4 Å². The molecule has 0 spiro atoms. The van der Waals surface area contributed by atoms with Crippen LogP contribution in [0, 0.1) is 10.1 Å². The van der Waals surface area contributed by atoms with Crippen molar-refractivity contribution in [1.29, 1.82) is 0 Å². The molecule has 0 aromatic heterocycles. The number of nitro benzene ring substituents is 1. The first-order valence-corrected chi connectivity index (χ1v) is 6.29. The van der Waals surface area contributed by atoms with Crippen LogP contribution in [-0.2, 0) is 9.53 Å². The van der Waals surface area contributed by atoms with E-state index in [9.17, 15) is 14.9 Å². The predicted octanol–water partition coefficient (Wildman–Crippen LogP) is 2.36. The number of carbonyl (C=O) groups is 1. The van der Waals surface area contributed by atoms with Crippen LogP contribution in [0.15, 0.2) is 18.2 Å². The molecule has 0 fully saturated rings. The van der Waals surface area contributed by atoms with E-state index in [2.05, 4.69) is 5.32 Å². The maximum absolute atomic E-state index is 11.1. The van der Waals surface area contributed by atoms with Gasteiger partial charge < -0.3 is 14.8 Å². The van der Waals surface area contributed by atoms with Crippen LogP contribution < -0.4 is 10.1 Å². The summed E-state index contributed by atoms with van der Waals surface area (Å²) in [6.07, 6.45) is 0.900. The fourth-order valence-corrected chi connectivity index (χ4v) is 1.61. The summed E-state index contributed by atoms with van der Waals surface area (Å²) < 4.78 is 9.81. The van der Waals surface area contributed by atoms with Crippen LogP contribution >= 0.6 is 0 Å². The Hall–Kier alpha value is -2.31. The molecule has 20 heavy (non-hydrogen) atoms. The highest BCUT2D eigenvalue weighted by Gasteiger charge is 2.10. The first-order chi connectivity index (χ1) is 9.56. The smallest absolute Gasteiger partial charge is 0.305 e. The average Bonchev–Trinajstić information content (AvgIpc) is 2.43. The number of nitrogens with zero attached hydrogens (tertiary/aromatic N) is 1. The van der Waals surface area contributed by atoms with Crippen molar-refractivity contribution >= 4 is 17.3 Å². The van der Waals surface area contributed by atoms with Crippen molar-refractivity contribution in [2.75, 3.05) is 25.6 Å². The number of non-ortho nitro benzene ring substituents is 1. The minimum absolute atomic E-state index is 0.0442. The Morgan fingerprint density at radius 3 is 2.75 bits per heavy atom. The molecule has 1 rings (SSSR count). The number of benzene rings is 1. The second-order valence-corrected chi connectivity index (χ2v) is 4.01. The van der Waals surface area contributed by atoms with E-state index >= 15 is 0 Å². The van der Waals surface area contributed by atoms with Crippen molar-refractivity contribution in [3.63, 3.8) is 0 Å². The quantitative estimate of drug-likeness (QED) is 0.340. The maximum atomic E-state index is 11.1. The molecule has 1 aromatic rings. The lowest BCUT2D eigenvalue weighted by Gasteiger charge is -2.08. The van der Waals surface area contributed by atoms with E-state index in [4.69, 9.17) is 9.47 Å². The van der Waals surface area contributed by atoms with E-state index in [1.165, 1.54) is 19.2 Å². The maximum Gasteiger partial charge on any atom is 0.305 e. The van der Waals surface area contributed by atoms with Gasteiger partial charge in [-0.2, -0.15) is 0 Å². The topological polar surface area (TPSA) is 90.7 Å². The lowest BCUT2D eigenvalue weighted by Crippen LogP contribution is -2.08. The molecule has 7 nitrogen and oxygen atoms in total. The molecule has 0 unspecified atom stereocenters. The average molecular weight is 282 g/mol. The van der Waals surface area contributed by atoms with Gasteiger partial charge in [0.05, 0.1) is 24.7 Å². The second kappa shape index (κ2) is 7.98. The van der Waals surface area contributed by atoms with E-state index < -0.39 is 4.92 Å². The molecule has 0 aliphatic heterocycles. The molecule has 0 atom stereocenters. The highest BCUT2D eigenvalue weighted by molar-refractivity contribution is 5.69. The lowest BCUT2D eigenvalue weighted by atomic mass is 10.2. The van der Waals surface area contributed by atoms with Crippen LogP contribution in [-0.4, -0.2) is 31.2 Å². The molecule has 0 bridgehead atoms. The monoisotopic (exact) mass is 282 g/mol. The number of anilines is 1. The zero-order valence-electron chi connectivity index (χ0n) is 11.5. The molecule has 0 radical (unpaired) electrons. The number of esters is 1. The summed E-state index contributed by atoms with van der Waals surface area (Å²) in [4.78, 5) is 21.4. The van der Waals surface area contributed by atoms with Crippen LogP contribution in [0.2, 0.25) is 0 Å². The van der Waals surface area contributed by atoms with Gasteiger partial charge in [0, 0.05) is 30.8 Å². The van der Waals surface area contributed by atoms with Gasteiger partial charge in [-0.05, 0) is 13.3 Å². The van der Waals surface area contributed by atoms with Gasteiger partial charge in [-0.15, -0.1) is 0 Å². The SMILES string of the molecule is CCOC(=O)CCCNc1cc(OC)cc([N+](=O)[O-])c1. The van der Waals surface area contributed by atoms with Gasteiger partial charge in [0.25, 0.3) is 5.69 Å². The molecule has 0 saturated carbocycles. The number of hydrogen-bond donors (Lipinski definition) is 1. The summed E-state index contributed by atoms with van der Waals surface area (Å²) in [6.45, 7) is 2.64. The van der Waals surface area contributed by atoms with Crippen molar-refractivity contribution in [1.82, 2.24) is 0 Å². The molecule has 0 aliphatic rings. The van der Waals surface area contributed by atoms with Gasteiger partial charge >= 0.3 is 5.97 Å². The third-order valence-electron chi connectivity index (χ3n) is 2.53. The number of nitrogens with one attached hydrogen (secondary N) is 1. The third-order valence-corrected chi connectivity index (χ3v) is 2.53. The van der Waals surface area contributed by atoms with E-state index in [1.807, 2.05) is 0 Å². The summed E-state index contributed by atoms with van der Waals surface area (Å²) in [5.74, 6) is 0.165. The molecule has 0 heterocycles. The third kappa shape index (κ3) is 5.13. The summed E-state index contributed by atoms with van der Waals surface area (Å²) >= 11 is 0. The van der Waals surface area contributed by atoms with Gasteiger partial charge in [-0.1, -0.05) is 0 Å². The Labute approximate surface area is 117 Å². The minimum Gasteiger partial charge on any atom is -0.496 e. The molecule has 110 valence electrons. The van der Waals surface area contributed by atoms with Gasteiger partial charge in [0.2, 0.25) is 0 Å². The summed E-state index contributed by atoms with van der Waals surface area (Å²) in [5, 5.41) is 13.8. The number of rotatable bonds is 8. The zero-order valence-corrected chi connectivity index (χ0v) is 11.5. The summed E-state index contributed by atoms with van der Waals surface area (Å²) in [7, 11) is 1.45.